The summed E-state index contributed by atoms with van der Waals surface area (Å²) < 4.78 is 14.8. The number of benzene rings is 1. The van der Waals surface area contributed by atoms with Crippen molar-refractivity contribution in [1.29, 1.82) is 0 Å². The van der Waals surface area contributed by atoms with Gasteiger partial charge in [-0.3, -0.25) is 14.4 Å². The summed E-state index contributed by atoms with van der Waals surface area (Å²) in [5, 5.41) is 0. The Morgan fingerprint density at radius 3 is 2.67 bits per heavy atom. The molecule has 0 saturated heterocycles. The molecule has 0 N–H and O–H groups in total. The Hall–Kier alpha value is -2.37. The zero-order chi connectivity index (χ0) is 15.4. The summed E-state index contributed by atoms with van der Waals surface area (Å²) in [6.07, 6.45) is -0.217. The maximum absolute atomic E-state index is 12.5. The van der Waals surface area contributed by atoms with Gasteiger partial charge in [-0.25, -0.2) is 0 Å². The van der Waals surface area contributed by atoms with Crippen LogP contribution in [0, 0.1) is 11.8 Å². The first kappa shape index (κ1) is 15.0. The minimum atomic E-state index is -0.914. The lowest BCUT2D eigenvalue weighted by molar-refractivity contribution is -0.153. The van der Waals surface area contributed by atoms with Crippen molar-refractivity contribution in [3.8, 4) is 5.75 Å². The predicted octanol–water partition coefficient (Wildman–Crippen LogP) is 1.23. The highest BCUT2D eigenvalue weighted by atomic mass is 16.5. The molecule has 0 aliphatic carbocycles. The SMILES string of the molecule is COC(=O)C[C@@H](C(=O)OC)[C@H]1COc2ccccc2C1=O. The molecule has 21 heavy (non-hydrogen) atoms. The quantitative estimate of drug-likeness (QED) is 0.777. The van der Waals surface area contributed by atoms with Crippen LogP contribution in [-0.2, 0) is 19.1 Å². The van der Waals surface area contributed by atoms with Gasteiger partial charge in [0, 0.05) is 0 Å². The number of ether oxygens (including phenoxy) is 3. The number of para-hydroxylation sites is 1. The molecule has 2 rings (SSSR count). The van der Waals surface area contributed by atoms with Crippen molar-refractivity contribution in [3.63, 3.8) is 0 Å². The summed E-state index contributed by atoms with van der Waals surface area (Å²) in [5.74, 6) is -2.61. The molecule has 0 radical (unpaired) electrons. The first-order valence-corrected chi connectivity index (χ1v) is 6.49. The molecular formula is C15H16O6. The molecule has 2 atom stereocenters. The van der Waals surface area contributed by atoms with Gasteiger partial charge in [0.15, 0.2) is 5.78 Å². The van der Waals surface area contributed by atoms with Gasteiger partial charge >= 0.3 is 11.9 Å². The third-order valence-electron chi connectivity index (χ3n) is 3.51. The summed E-state index contributed by atoms with van der Waals surface area (Å²) in [6.45, 7) is 0.0343. The van der Waals surface area contributed by atoms with Gasteiger partial charge in [0.2, 0.25) is 0 Å². The molecule has 0 bridgehead atoms. The smallest absolute Gasteiger partial charge is 0.310 e. The van der Waals surface area contributed by atoms with Gasteiger partial charge in [0.25, 0.3) is 0 Å². The van der Waals surface area contributed by atoms with Gasteiger partial charge in [-0.1, -0.05) is 12.1 Å². The zero-order valence-electron chi connectivity index (χ0n) is 11.8. The van der Waals surface area contributed by atoms with E-state index in [4.69, 9.17) is 9.47 Å². The number of ketones is 1. The Morgan fingerprint density at radius 2 is 2.00 bits per heavy atom. The van der Waals surface area contributed by atoms with Gasteiger partial charge < -0.3 is 14.2 Å². The maximum Gasteiger partial charge on any atom is 0.310 e. The van der Waals surface area contributed by atoms with Crippen LogP contribution in [0.5, 0.6) is 5.75 Å². The van der Waals surface area contributed by atoms with E-state index in [9.17, 15) is 14.4 Å². The Kier molecular flexibility index (Phi) is 4.57. The molecule has 0 unspecified atom stereocenters. The largest absolute Gasteiger partial charge is 0.492 e. The molecule has 6 nitrogen and oxygen atoms in total. The Bertz CT molecular complexity index is 565. The van der Waals surface area contributed by atoms with Crippen LogP contribution in [0.25, 0.3) is 0 Å². The second-order valence-corrected chi connectivity index (χ2v) is 4.69. The second kappa shape index (κ2) is 6.39. The minimum Gasteiger partial charge on any atom is -0.492 e. The minimum absolute atomic E-state index is 0.0343. The lowest BCUT2D eigenvalue weighted by Crippen LogP contribution is -2.39. The molecule has 112 valence electrons. The van der Waals surface area contributed by atoms with Crippen molar-refractivity contribution in [2.24, 2.45) is 11.8 Å². The molecule has 1 aliphatic heterocycles. The van der Waals surface area contributed by atoms with Crippen molar-refractivity contribution < 1.29 is 28.6 Å². The van der Waals surface area contributed by atoms with Crippen LogP contribution < -0.4 is 4.74 Å². The molecule has 0 amide bonds. The highest BCUT2D eigenvalue weighted by molar-refractivity contribution is 6.03. The fourth-order valence-electron chi connectivity index (χ4n) is 2.35. The number of methoxy groups -OCH3 is 2. The molecule has 0 spiro atoms. The molecule has 1 aliphatic rings. The summed E-state index contributed by atoms with van der Waals surface area (Å²) in [5.41, 5.74) is 0.410. The summed E-state index contributed by atoms with van der Waals surface area (Å²) in [6, 6.07) is 6.81. The average molecular weight is 292 g/mol. The first-order valence-electron chi connectivity index (χ1n) is 6.49. The van der Waals surface area contributed by atoms with Crippen LogP contribution in [0.4, 0.5) is 0 Å². The molecule has 1 aromatic rings. The van der Waals surface area contributed by atoms with Crippen molar-refractivity contribution in [3.05, 3.63) is 29.8 Å². The second-order valence-electron chi connectivity index (χ2n) is 4.69. The Balaban J connectivity index is 2.27. The normalized spacial score (nSPS) is 18.2. The number of carbonyl (C=O) groups excluding carboxylic acids is 3. The number of esters is 2. The molecule has 0 aromatic heterocycles. The van der Waals surface area contributed by atoms with Crippen LogP contribution in [-0.4, -0.2) is 38.5 Å². The Morgan fingerprint density at radius 1 is 1.29 bits per heavy atom. The van der Waals surface area contributed by atoms with E-state index in [0.29, 0.717) is 11.3 Å². The van der Waals surface area contributed by atoms with E-state index < -0.39 is 23.8 Å². The third kappa shape index (κ3) is 3.04. The monoisotopic (exact) mass is 292 g/mol. The van der Waals surface area contributed by atoms with E-state index in [1.807, 2.05) is 0 Å². The number of rotatable bonds is 4. The van der Waals surface area contributed by atoms with E-state index in [0.717, 1.165) is 0 Å². The Labute approximate surface area is 122 Å². The number of Topliss-reactive ketones (excluding diaryl/α,β-unsaturated/α-hetero) is 1. The van der Waals surface area contributed by atoms with Crippen molar-refractivity contribution >= 4 is 17.7 Å². The lowest BCUT2D eigenvalue weighted by Gasteiger charge is -2.28. The van der Waals surface area contributed by atoms with Crippen LogP contribution >= 0.6 is 0 Å². The first-order chi connectivity index (χ1) is 10.1. The van der Waals surface area contributed by atoms with Crippen molar-refractivity contribution in [2.45, 2.75) is 6.42 Å². The number of carbonyl (C=O) groups is 3. The molecule has 1 heterocycles. The topological polar surface area (TPSA) is 78.9 Å². The van der Waals surface area contributed by atoms with Crippen molar-refractivity contribution in [1.82, 2.24) is 0 Å². The van der Waals surface area contributed by atoms with E-state index in [1.54, 1.807) is 24.3 Å². The van der Waals surface area contributed by atoms with Gasteiger partial charge in [-0.2, -0.15) is 0 Å². The maximum atomic E-state index is 12.5. The highest BCUT2D eigenvalue weighted by Crippen LogP contribution is 2.32. The fourth-order valence-corrected chi connectivity index (χ4v) is 2.35. The predicted molar refractivity (Wildman–Crippen MR) is 71.9 cm³/mol. The molecular weight excluding hydrogens is 276 g/mol. The van der Waals surface area contributed by atoms with Crippen LogP contribution in [0.2, 0.25) is 0 Å². The summed E-state index contributed by atoms with van der Waals surface area (Å²) >= 11 is 0. The molecule has 6 heteroatoms. The van der Waals surface area contributed by atoms with Crippen LogP contribution in [0.15, 0.2) is 24.3 Å². The van der Waals surface area contributed by atoms with Gasteiger partial charge in [0.05, 0.1) is 44.6 Å². The summed E-state index contributed by atoms with van der Waals surface area (Å²) in [4.78, 5) is 35.8. The number of hydrogen-bond acceptors (Lipinski definition) is 6. The highest BCUT2D eigenvalue weighted by Gasteiger charge is 2.40. The fraction of sp³-hybridized carbons (Fsp3) is 0.400. The van der Waals surface area contributed by atoms with Crippen LogP contribution in [0.1, 0.15) is 16.8 Å². The molecule has 1 aromatic carbocycles. The van der Waals surface area contributed by atoms with Crippen LogP contribution in [0.3, 0.4) is 0 Å². The molecule has 0 fully saturated rings. The standard InChI is InChI=1S/C15H16O6/c1-19-13(16)7-10(15(18)20-2)11-8-21-12-6-4-3-5-9(12)14(11)17/h3-6,10-11H,7-8H2,1-2H3/t10-,11-/m1/s1. The number of fused-ring (bicyclic) bond motifs is 1. The van der Waals surface area contributed by atoms with E-state index in [1.165, 1.54) is 14.2 Å². The van der Waals surface area contributed by atoms with E-state index in [2.05, 4.69) is 4.74 Å². The van der Waals surface area contributed by atoms with E-state index in [-0.39, 0.29) is 18.8 Å². The van der Waals surface area contributed by atoms with Gasteiger partial charge in [-0.05, 0) is 12.1 Å². The number of hydrogen-bond donors (Lipinski definition) is 0. The zero-order valence-corrected chi connectivity index (χ0v) is 11.8. The average Bonchev–Trinajstić information content (AvgIpc) is 2.52. The summed E-state index contributed by atoms with van der Waals surface area (Å²) in [7, 11) is 2.44. The molecule has 0 saturated carbocycles. The van der Waals surface area contributed by atoms with E-state index >= 15 is 0 Å². The third-order valence-corrected chi connectivity index (χ3v) is 3.51. The van der Waals surface area contributed by atoms with Gasteiger partial charge in [0.1, 0.15) is 5.75 Å². The van der Waals surface area contributed by atoms with Gasteiger partial charge in [-0.15, -0.1) is 0 Å². The lowest BCUT2D eigenvalue weighted by atomic mass is 9.82. The van der Waals surface area contributed by atoms with Crippen molar-refractivity contribution in [2.75, 3.05) is 20.8 Å².